The van der Waals surface area contributed by atoms with Crippen LogP contribution in [-0.2, 0) is 0 Å². The molecule has 0 amide bonds. The van der Waals surface area contributed by atoms with Gasteiger partial charge in [0.25, 0.3) is 0 Å². The zero-order valence-corrected chi connectivity index (χ0v) is 7.81. The van der Waals surface area contributed by atoms with E-state index in [0.717, 1.165) is 0 Å². The highest BCUT2D eigenvalue weighted by Crippen LogP contribution is 2.24. The van der Waals surface area contributed by atoms with E-state index in [9.17, 15) is 4.39 Å². The Labute approximate surface area is 81.9 Å². The summed E-state index contributed by atoms with van der Waals surface area (Å²) in [4.78, 5) is 1.89. The van der Waals surface area contributed by atoms with Crippen LogP contribution in [-0.4, -0.2) is 35.5 Å². The molecule has 1 saturated heterocycles. The highest BCUT2D eigenvalue weighted by atomic mass is 19.1. The van der Waals surface area contributed by atoms with Crippen LogP contribution in [0.25, 0.3) is 0 Å². The molecule has 0 unspecified atom stereocenters. The fraction of sp³-hybridized carbons (Fsp3) is 0.556. The average Bonchev–Trinajstić information content (AvgIpc) is 2.61. The standard InChI is InChI=1S/C9H13FN4/c10-7-4-8(5-11)14(6-7)9-2-1-3-12-13-9/h1-3,7-8H,4-6,11H2/t7-,8+/m1/s1. The Balaban J connectivity index is 2.18. The summed E-state index contributed by atoms with van der Waals surface area (Å²) in [6.07, 6.45) is 1.29. The SMILES string of the molecule is NC[C@@H]1C[C@@H](F)CN1c1cccnn1. The van der Waals surface area contributed by atoms with Gasteiger partial charge in [0.1, 0.15) is 6.17 Å². The second kappa shape index (κ2) is 3.88. The molecule has 2 atom stereocenters. The summed E-state index contributed by atoms with van der Waals surface area (Å²) in [5, 5.41) is 7.72. The summed E-state index contributed by atoms with van der Waals surface area (Å²) in [5.41, 5.74) is 5.57. The normalized spacial score (nSPS) is 26.9. The highest BCUT2D eigenvalue weighted by Gasteiger charge is 2.31. The number of rotatable bonds is 2. The second-order valence-electron chi connectivity index (χ2n) is 3.46. The molecular weight excluding hydrogens is 183 g/mol. The van der Waals surface area contributed by atoms with Crippen molar-refractivity contribution in [2.75, 3.05) is 18.0 Å². The van der Waals surface area contributed by atoms with Gasteiger partial charge in [0, 0.05) is 25.2 Å². The monoisotopic (exact) mass is 196 g/mol. The van der Waals surface area contributed by atoms with Crippen molar-refractivity contribution in [2.24, 2.45) is 5.73 Å². The van der Waals surface area contributed by atoms with Gasteiger partial charge in [-0.2, -0.15) is 5.10 Å². The van der Waals surface area contributed by atoms with Crippen LogP contribution >= 0.6 is 0 Å². The second-order valence-corrected chi connectivity index (χ2v) is 3.46. The van der Waals surface area contributed by atoms with Crippen molar-refractivity contribution < 1.29 is 4.39 Å². The Hall–Kier alpha value is -1.23. The van der Waals surface area contributed by atoms with E-state index >= 15 is 0 Å². The maximum absolute atomic E-state index is 13.2. The van der Waals surface area contributed by atoms with Crippen molar-refractivity contribution in [3.05, 3.63) is 18.3 Å². The zero-order chi connectivity index (χ0) is 9.97. The first-order valence-corrected chi connectivity index (χ1v) is 4.69. The topological polar surface area (TPSA) is 55.0 Å². The molecule has 0 saturated carbocycles. The molecule has 0 bridgehead atoms. The van der Waals surface area contributed by atoms with Gasteiger partial charge in [0.15, 0.2) is 5.82 Å². The van der Waals surface area contributed by atoms with Crippen molar-refractivity contribution in [3.63, 3.8) is 0 Å². The predicted molar refractivity (Wildman–Crippen MR) is 51.7 cm³/mol. The third-order valence-electron chi connectivity index (χ3n) is 2.49. The van der Waals surface area contributed by atoms with Crippen LogP contribution in [0.4, 0.5) is 10.2 Å². The number of aromatic nitrogens is 2. The van der Waals surface area contributed by atoms with Crippen molar-refractivity contribution >= 4 is 5.82 Å². The van der Waals surface area contributed by atoms with Gasteiger partial charge in [0.2, 0.25) is 0 Å². The lowest BCUT2D eigenvalue weighted by Gasteiger charge is -2.23. The van der Waals surface area contributed by atoms with E-state index in [4.69, 9.17) is 5.73 Å². The van der Waals surface area contributed by atoms with Gasteiger partial charge in [-0.1, -0.05) is 0 Å². The van der Waals surface area contributed by atoms with Gasteiger partial charge in [0.05, 0.1) is 6.54 Å². The molecule has 2 rings (SSSR count). The van der Waals surface area contributed by atoms with Crippen LogP contribution in [0, 0.1) is 0 Å². The van der Waals surface area contributed by atoms with Gasteiger partial charge in [-0.25, -0.2) is 4.39 Å². The molecule has 0 aliphatic carbocycles. The molecule has 0 aromatic carbocycles. The van der Waals surface area contributed by atoms with Gasteiger partial charge in [-0.05, 0) is 12.1 Å². The maximum atomic E-state index is 13.2. The lowest BCUT2D eigenvalue weighted by Crippen LogP contribution is -2.36. The maximum Gasteiger partial charge on any atom is 0.151 e. The van der Waals surface area contributed by atoms with Gasteiger partial charge in [-0.15, -0.1) is 5.10 Å². The third kappa shape index (κ3) is 1.68. The molecule has 1 aliphatic rings. The molecule has 1 fully saturated rings. The summed E-state index contributed by atoms with van der Waals surface area (Å²) >= 11 is 0. The number of hydrogen-bond acceptors (Lipinski definition) is 4. The van der Waals surface area contributed by atoms with E-state index in [1.54, 1.807) is 12.3 Å². The van der Waals surface area contributed by atoms with E-state index < -0.39 is 6.17 Å². The molecule has 1 aliphatic heterocycles. The average molecular weight is 196 g/mol. The lowest BCUT2D eigenvalue weighted by atomic mass is 10.2. The fourth-order valence-electron chi connectivity index (χ4n) is 1.81. The summed E-state index contributed by atoms with van der Waals surface area (Å²) in [7, 11) is 0. The Kier molecular flexibility index (Phi) is 2.58. The van der Waals surface area contributed by atoms with E-state index in [1.807, 2.05) is 11.0 Å². The number of alkyl halides is 1. The first-order chi connectivity index (χ1) is 6.81. The number of halogens is 1. The predicted octanol–water partition coefficient (Wildman–Crippen LogP) is 0.352. The Bertz CT molecular complexity index is 292. The van der Waals surface area contributed by atoms with Crippen molar-refractivity contribution in [1.29, 1.82) is 0 Å². The van der Waals surface area contributed by atoms with Crippen LogP contribution in [0.2, 0.25) is 0 Å². The number of nitrogens with two attached hydrogens (primary N) is 1. The summed E-state index contributed by atoms with van der Waals surface area (Å²) in [6, 6.07) is 3.68. The van der Waals surface area contributed by atoms with E-state index in [1.165, 1.54) is 0 Å². The van der Waals surface area contributed by atoms with Gasteiger partial charge >= 0.3 is 0 Å². The van der Waals surface area contributed by atoms with Crippen LogP contribution in [0.15, 0.2) is 18.3 Å². The number of anilines is 1. The van der Waals surface area contributed by atoms with Gasteiger partial charge in [-0.3, -0.25) is 0 Å². The smallest absolute Gasteiger partial charge is 0.151 e. The van der Waals surface area contributed by atoms with E-state index in [-0.39, 0.29) is 6.04 Å². The molecule has 1 aromatic rings. The van der Waals surface area contributed by atoms with E-state index in [0.29, 0.717) is 25.3 Å². The van der Waals surface area contributed by atoms with Crippen LogP contribution in [0.1, 0.15) is 6.42 Å². The first-order valence-electron chi connectivity index (χ1n) is 4.69. The molecule has 5 heteroatoms. The number of nitrogens with zero attached hydrogens (tertiary/aromatic N) is 3. The molecule has 0 radical (unpaired) electrons. The molecule has 0 spiro atoms. The van der Waals surface area contributed by atoms with E-state index in [2.05, 4.69) is 10.2 Å². The van der Waals surface area contributed by atoms with Crippen molar-refractivity contribution in [3.8, 4) is 0 Å². The fourth-order valence-corrected chi connectivity index (χ4v) is 1.81. The molecule has 4 nitrogen and oxygen atoms in total. The largest absolute Gasteiger partial charge is 0.348 e. The summed E-state index contributed by atoms with van der Waals surface area (Å²) in [5.74, 6) is 0.711. The van der Waals surface area contributed by atoms with Crippen LogP contribution in [0.5, 0.6) is 0 Å². The first kappa shape index (κ1) is 9.33. The highest BCUT2D eigenvalue weighted by molar-refractivity contribution is 5.40. The molecule has 76 valence electrons. The van der Waals surface area contributed by atoms with Crippen LogP contribution < -0.4 is 10.6 Å². The third-order valence-corrected chi connectivity index (χ3v) is 2.49. The number of hydrogen-bond donors (Lipinski definition) is 1. The summed E-state index contributed by atoms with van der Waals surface area (Å²) < 4.78 is 13.2. The van der Waals surface area contributed by atoms with Crippen molar-refractivity contribution in [1.82, 2.24) is 10.2 Å². The lowest BCUT2D eigenvalue weighted by molar-refractivity contribution is 0.356. The molecule has 1 aromatic heterocycles. The van der Waals surface area contributed by atoms with Crippen molar-refractivity contribution in [2.45, 2.75) is 18.6 Å². The Morgan fingerprint density at radius 1 is 1.64 bits per heavy atom. The zero-order valence-electron chi connectivity index (χ0n) is 7.81. The minimum atomic E-state index is -0.800. The van der Waals surface area contributed by atoms with Gasteiger partial charge < -0.3 is 10.6 Å². The Morgan fingerprint density at radius 2 is 2.50 bits per heavy atom. The minimum Gasteiger partial charge on any atom is -0.348 e. The molecular formula is C9H13FN4. The minimum absolute atomic E-state index is 0.0571. The summed E-state index contributed by atoms with van der Waals surface area (Å²) in [6.45, 7) is 0.831. The Morgan fingerprint density at radius 3 is 3.14 bits per heavy atom. The molecule has 2 N–H and O–H groups in total. The molecule has 14 heavy (non-hydrogen) atoms. The molecule has 2 heterocycles. The quantitative estimate of drug-likeness (QED) is 0.741. The van der Waals surface area contributed by atoms with Crippen LogP contribution in [0.3, 0.4) is 0 Å².